The summed E-state index contributed by atoms with van der Waals surface area (Å²) in [5.74, 6) is 0.646. The Labute approximate surface area is 112 Å². The van der Waals surface area contributed by atoms with Crippen molar-refractivity contribution >= 4 is 16.9 Å². The molecule has 0 spiro atoms. The summed E-state index contributed by atoms with van der Waals surface area (Å²) >= 11 is 0. The minimum Gasteiger partial charge on any atom is -0.345 e. The molecule has 1 heterocycles. The molecule has 100 valence electrons. The van der Waals surface area contributed by atoms with Gasteiger partial charge in [0.05, 0.1) is 17.4 Å². The monoisotopic (exact) mass is 257 g/mol. The minimum absolute atomic E-state index is 0.146. The molecule has 0 atom stereocenters. The maximum atomic E-state index is 12.6. The second-order valence-corrected chi connectivity index (χ2v) is 5.72. The van der Waals surface area contributed by atoms with E-state index in [1.807, 2.05) is 23.1 Å². The molecule has 0 radical (unpaired) electrons. The molecule has 19 heavy (non-hydrogen) atoms. The van der Waals surface area contributed by atoms with Crippen LogP contribution in [0.5, 0.6) is 0 Å². The predicted octanol–water partition coefficient (Wildman–Crippen LogP) is 2.82. The fourth-order valence-corrected chi connectivity index (χ4v) is 2.41. The van der Waals surface area contributed by atoms with Gasteiger partial charge in [-0.15, -0.1) is 0 Å². The van der Waals surface area contributed by atoms with Crippen LogP contribution in [0.15, 0.2) is 24.5 Å². The first kappa shape index (κ1) is 12.2. The molecule has 1 aromatic heterocycles. The Bertz CT molecular complexity index is 598. The number of rotatable bonds is 4. The number of amides is 1. The third-order valence-electron chi connectivity index (χ3n) is 3.48. The zero-order chi connectivity index (χ0) is 13.4. The van der Waals surface area contributed by atoms with E-state index >= 15 is 0 Å². The van der Waals surface area contributed by atoms with Gasteiger partial charge in [0.1, 0.15) is 0 Å². The van der Waals surface area contributed by atoms with Gasteiger partial charge in [0.2, 0.25) is 0 Å². The van der Waals surface area contributed by atoms with Gasteiger partial charge in [0, 0.05) is 18.2 Å². The lowest BCUT2D eigenvalue weighted by atomic mass is 10.1. The van der Waals surface area contributed by atoms with Gasteiger partial charge in [0.15, 0.2) is 0 Å². The molecular formula is C15H19N3O. The number of hydrogen-bond donors (Lipinski definition) is 1. The van der Waals surface area contributed by atoms with Gasteiger partial charge in [-0.3, -0.25) is 4.79 Å². The van der Waals surface area contributed by atoms with Gasteiger partial charge in [-0.2, -0.15) is 0 Å². The molecule has 1 aliphatic carbocycles. The van der Waals surface area contributed by atoms with Crippen LogP contribution in [-0.4, -0.2) is 33.4 Å². The van der Waals surface area contributed by atoms with Crippen LogP contribution in [-0.2, 0) is 0 Å². The Morgan fingerprint density at radius 1 is 1.47 bits per heavy atom. The number of fused-ring (bicyclic) bond motifs is 1. The van der Waals surface area contributed by atoms with Gasteiger partial charge in [-0.25, -0.2) is 4.98 Å². The number of benzene rings is 1. The van der Waals surface area contributed by atoms with Crippen LogP contribution in [0.25, 0.3) is 11.0 Å². The van der Waals surface area contributed by atoms with Crippen LogP contribution in [0.1, 0.15) is 37.0 Å². The number of carbonyl (C=O) groups excluding carboxylic acids is 1. The predicted molar refractivity (Wildman–Crippen MR) is 75.0 cm³/mol. The Kier molecular flexibility index (Phi) is 3.01. The highest BCUT2D eigenvalue weighted by atomic mass is 16.2. The highest BCUT2D eigenvalue weighted by Gasteiger charge is 2.33. The summed E-state index contributed by atoms with van der Waals surface area (Å²) in [4.78, 5) is 21.9. The Morgan fingerprint density at radius 3 is 2.95 bits per heavy atom. The maximum absolute atomic E-state index is 12.6. The largest absolute Gasteiger partial charge is 0.345 e. The smallest absolute Gasteiger partial charge is 0.254 e. The fourth-order valence-electron chi connectivity index (χ4n) is 2.41. The van der Waals surface area contributed by atoms with E-state index in [4.69, 9.17) is 0 Å². The second-order valence-electron chi connectivity index (χ2n) is 5.72. The molecule has 2 aromatic rings. The molecule has 1 saturated carbocycles. The average Bonchev–Trinajstić information content (AvgIpc) is 3.12. The van der Waals surface area contributed by atoms with E-state index in [0.717, 1.165) is 36.0 Å². The third-order valence-corrected chi connectivity index (χ3v) is 3.48. The SMILES string of the molecule is CC(C)CN(C(=O)c1ccc2nc[nH]c2c1)C1CC1. The Balaban J connectivity index is 1.87. The molecule has 3 rings (SSSR count). The zero-order valence-electron chi connectivity index (χ0n) is 11.4. The molecule has 0 aliphatic heterocycles. The highest BCUT2D eigenvalue weighted by molar-refractivity contribution is 5.97. The molecule has 1 fully saturated rings. The lowest BCUT2D eigenvalue weighted by Crippen LogP contribution is -2.36. The number of nitrogens with one attached hydrogen (secondary N) is 1. The average molecular weight is 257 g/mol. The lowest BCUT2D eigenvalue weighted by Gasteiger charge is -2.24. The zero-order valence-corrected chi connectivity index (χ0v) is 11.4. The number of hydrogen-bond acceptors (Lipinski definition) is 2. The van der Waals surface area contributed by atoms with E-state index in [-0.39, 0.29) is 5.91 Å². The molecular weight excluding hydrogens is 238 g/mol. The van der Waals surface area contributed by atoms with Crippen molar-refractivity contribution in [2.24, 2.45) is 5.92 Å². The maximum Gasteiger partial charge on any atom is 0.254 e. The van der Waals surface area contributed by atoms with Crippen molar-refractivity contribution in [2.45, 2.75) is 32.7 Å². The second kappa shape index (κ2) is 4.68. The molecule has 1 aliphatic rings. The number of nitrogens with zero attached hydrogens (tertiary/aromatic N) is 2. The van der Waals surface area contributed by atoms with Crippen molar-refractivity contribution < 1.29 is 4.79 Å². The van der Waals surface area contributed by atoms with E-state index in [2.05, 4.69) is 23.8 Å². The summed E-state index contributed by atoms with van der Waals surface area (Å²) in [6.45, 7) is 5.14. The number of H-pyrrole nitrogens is 1. The van der Waals surface area contributed by atoms with Gasteiger partial charge >= 0.3 is 0 Å². The molecule has 1 N–H and O–H groups in total. The molecule has 4 nitrogen and oxygen atoms in total. The molecule has 0 saturated heterocycles. The fraction of sp³-hybridized carbons (Fsp3) is 0.467. The number of aromatic amines is 1. The van der Waals surface area contributed by atoms with Crippen molar-refractivity contribution in [3.8, 4) is 0 Å². The third kappa shape index (κ3) is 2.48. The van der Waals surface area contributed by atoms with Crippen LogP contribution in [0.2, 0.25) is 0 Å². The Morgan fingerprint density at radius 2 is 2.26 bits per heavy atom. The summed E-state index contributed by atoms with van der Waals surface area (Å²) < 4.78 is 0. The first-order chi connectivity index (χ1) is 9.15. The highest BCUT2D eigenvalue weighted by Crippen LogP contribution is 2.29. The molecule has 0 bridgehead atoms. The van der Waals surface area contributed by atoms with E-state index in [1.54, 1.807) is 6.33 Å². The summed E-state index contributed by atoms with van der Waals surface area (Å²) in [6, 6.07) is 6.13. The van der Waals surface area contributed by atoms with E-state index in [9.17, 15) is 4.79 Å². The van der Waals surface area contributed by atoms with Crippen molar-refractivity contribution in [1.82, 2.24) is 14.9 Å². The number of imidazole rings is 1. The molecule has 1 amide bonds. The summed E-state index contributed by atoms with van der Waals surface area (Å²) in [7, 11) is 0. The Hall–Kier alpha value is -1.84. The molecule has 4 heteroatoms. The van der Waals surface area contributed by atoms with Gasteiger partial charge < -0.3 is 9.88 Å². The first-order valence-electron chi connectivity index (χ1n) is 6.89. The van der Waals surface area contributed by atoms with E-state index < -0.39 is 0 Å². The van der Waals surface area contributed by atoms with Crippen molar-refractivity contribution in [2.75, 3.05) is 6.54 Å². The van der Waals surface area contributed by atoms with Crippen molar-refractivity contribution in [1.29, 1.82) is 0 Å². The van der Waals surface area contributed by atoms with Crippen LogP contribution in [0, 0.1) is 5.92 Å². The lowest BCUT2D eigenvalue weighted by molar-refractivity contribution is 0.0722. The summed E-state index contributed by atoms with van der Waals surface area (Å²) in [5.41, 5.74) is 2.58. The standard InChI is InChI=1S/C15H19N3O/c1-10(2)8-18(12-4-5-12)15(19)11-3-6-13-14(7-11)17-9-16-13/h3,6-7,9-10,12H,4-5,8H2,1-2H3,(H,16,17). The van der Waals surface area contributed by atoms with Gasteiger partial charge in [-0.1, -0.05) is 13.8 Å². The number of aromatic nitrogens is 2. The van der Waals surface area contributed by atoms with Crippen LogP contribution >= 0.6 is 0 Å². The molecule has 0 unspecified atom stereocenters. The molecule has 1 aromatic carbocycles. The van der Waals surface area contributed by atoms with E-state index in [1.165, 1.54) is 0 Å². The minimum atomic E-state index is 0.146. The van der Waals surface area contributed by atoms with E-state index in [0.29, 0.717) is 12.0 Å². The summed E-state index contributed by atoms with van der Waals surface area (Å²) in [5, 5.41) is 0. The summed E-state index contributed by atoms with van der Waals surface area (Å²) in [6.07, 6.45) is 3.95. The van der Waals surface area contributed by atoms with Crippen molar-refractivity contribution in [3.05, 3.63) is 30.1 Å². The van der Waals surface area contributed by atoms with Crippen LogP contribution < -0.4 is 0 Å². The first-order valence-corrected chi connectivity index (χ1v) is 6.89. The van der Waals surface area contributed by atoms with Gasteiger partial charge in [-0.05, 0) is 37.0 Å². The normalized spacial score (nSPS) is 15.1. The van der Waals surface area contributed by atoms with Crippen LogP contribution in [0.3, 0.4) is 0 Å². The quantitative estimate of drug-likeness (QED) is 0.915. The van der Waals surface area contributed by atoms with Gasteiger partial charge in [0.25, 0.3) is 5.91 Å². The topological polar surface area (TPSA) is 49.0 Å². The van der Waals surface area contributed by atoms with Crippen LogP contribution in [0.4, 0.5) is 0 Å². The number of carbonyl (C=O) groups is 1. The van der Waals surface area contributed by atoms with Crippen molar-refractivity contribution in [3.63, 3.8) is 0 Å².